The van der Waals surface area contributed by atoms with Crippen LogP contribution in [0, 0.1) is 0 Å². The zero-order valence-electron chi connectivity index (χ0n) is 6.73. The molecule has 1 N–H and O–H groups in total. The van der Waals surface area contributed by atoms with Crippen molar-refractivity contribution >= 4 is 31.9 Å². The van der Waals surface area contributed by atoms with Crippen LogP contribution in [0.15, 0.2) is 0 Å². The van der Waals surface area contributed by atoms with Gasteiger partial charge in [-0.3, -0.25) is 0 Å². The molecule has 0 spiro atoms. The van der Waals surface area contributed by atoms with Crippen molar-refractivity contribution in [2.45, 2.75) is 36.9 Å². The van der Waals surface area contributed by atoms with E-state index in [0.29, 0.717) is 11.4 Å². The fourth-order valence-electron chi connectivity index (χ4n) is 0.922. The third-order valence-electron chi connectivity index (χ3n) is 1.59. The lowest BCUT2D eigenvalue weighted by Crippen LogP contribution is -2.00. The van der Waals surface area contributed by atoms with Crippen molar-refractivity contribution in [3.63, 3.8) is 0 Å². The van der Waals surface area contributed by atoms with Gasteiger partial charge in [-0.2, -0.15) is 0 Å². The lowest BCUT2D eigenvalue weighted by atomic mass is 10.1. The molecule has 0 aliphatic heterocycles. The highest BCUT2D eigenvalue weighted by atomic mass is 79.9. The minimum absolute atomic E-state index is 0.300. The Bertz CT molecular complexity index is 78.5. The molecule has 3 heteroatoms. The van der Waals surface area contributed by atoms with Crippen LogP contribution in [0.1, 0.15) is 32.1 Å². The van der Waals surface area contributed by atoms with E-state index in [1.54, 1.807) is 0 Å². The molecule has 0 aromatic heterocycles. The van der Waals surface area contributed by atoms with Gasteiger partial charge >= 0.3 is 0 Å². The molecule has 1 nitrogen and oxygen atoms in total. The first-order chi connectivity index (χ1) is 5.31. The topological polar surface area (TPSA) is 20.2 Å². The van der Waals surface area contributed by atoms with E-state index in [9.17, 15) is 0 Å². The summed E-state index contributed by atoms with van der Waals surface area (Å²) in [4.78, 5) is 0.517. The molecule has 0 fully saturated rings. The molecule has 11 heavy (non-hydrogen) atoms. The van der Waals surface area contributed by atoms with E-state index in [2.05, 4.69) is 31.9 Å². The normalized spacial score (nSPS) is 13.4. The Morgan fingerprint density at radius 3 is 2.36 bits per heavy atom. The van der Waals surface area contributed by atoms with E-state index in [0.717, 1.165) is 11.8 Å². The van der Waals surface area contributed by atoms with Gasteiger partial charge in [0.25, 0.3) is 0 Å². The number of hydrogen-bond acceptors (Lipinski definition) is 1. The average Bonchev–Trinajstić information content (AvgIpc) is 1.99. The Hall–Kier alpha value is 0.920. The highest BCUT2D eigenvalue weighted by molar-refractivity contribution is 9.09. The number of hydrogen-bond donors (Lipinski definition) is 1. The first-order valence-electron chi connectivity index (χ1n) is 4.12. The molecule has 0 saturated carbocycles. The van der Waals surface area contributed by atoms with Gasteiger partial charge < -0.3 is 5.11 Å². The maximum absolute atomic E-state index is 8.60. The Kier molecular flexibility index (Phi) is 9.77. The predicted octanol–water partition coefficient (Wildman–Crippen LogP) is 3.09. The second-order valence-corrected chi connectivity index (χ2v) is 4.74. The Balaban J connectivity index is 2.97. The fourth-order valence-corrected chi connectivity index (χ4v) is 1.85. The highest BCUT2D eigenvalue weighted by Crippen LogP contribution is 2.14. The summed E-state index contributed by atoms with van der Waals surface area (Å²) in [7, 11) is 0. The monoisotopic (exact) mass is 286 g/mol. The zero-order valence-corrected chi connectivity index (χ0v) is 9.90. The van der Waals surface area contributed by atoms with Gasteiger partial charge in [-0.1, -0.05) is 44.7 Å². The molecule has 0 aliphatic rings. The van der Waals surface area contributed by atoms with Crippen LogP contribution in [0.25, 0.3) is 0 Å². The van der Waals surface area contributed by atoms with Crippen molar-refractivity contribution < 1.29 is 5.11 Å². The van der Waals surface area contributed by atoms with E-state index < -0.39 is 0 Å². The summed E-state index contributed by atoms with van der Waals surface area (Å²) in [6.07, 6.45) is 5.89. The quantitative estimate of drug-likeness (QED) is 0.564. The van der Waals surface area contributed by atoms with Crippen molar-refractivity contribution in [3.8, 4) is 0 Å². The minimum atomic E-state index is 0.300. The zero-order chi connectivity index (χ0) is 8.53. The van der Waals surface area contributed by atoms with Gasteiger partial charge in [0, 0.05) is 16.8 Å². The van der Waals surface area contributed by atoms with Gasteiger partial charge in [0.05, 0.1) is 0 Å². The number of rotatable bonds is 7. The fraction of sp³-hybridized carbons (Fsp3) is 1.00. The summed E-state index contributed by atoms with van der Waals surface area (Å²) >= 11 is 6.91. The van der Waals surface area contributed by atoms with Crippen LogP contribution in [-0.2, 0) is 0 Å². The molecule has 0 amide bonds. The van der Waals surface area contributed by atoms with E-state index in [-0.39, 0.29) is 0 Å². The summed E-state index contributed by atoms with van der Waals surface area (Å²) in [5.74, 6) is 0. The van der Waals surface area contributed by atoms with Gasteiger partial charge in [-0.25, -0.2) is 0 Å². The second-order valence-electron chi connectivity index (χ2n) is 2.65. The Labute approximate surface area is 85.8 Å². The molecule has 68 valence electrons. The van der Waals surface area contributed by atoms with Gasteiger partial charge in [0.1, 0.15) is 0 Å². The highest BCUT2D eigenvalue weighted by Gasteiger charge is 2.01. The molecule has 0 rings (SSSR count). The Morgan fingerprint density at radius 2 is 1.82 bits per heavy atom. The molecule has 0 aromatic rings. The van der Waals surface area contributed by atoms with Crippen LogP contribution in [0.5, 0.6) is 0 Å². The van der Waals surface area contributed by atoms with Crippen LogP contribution in [0.3, 0.4) is 0 Å². The molecule has 1 atom stereocenters. The molecule has 0 bridgehead atoms. The average molecular weight is 288 g/mol. The Morgan fingerprint density at radius 1 is 1.09 bits per heavy atom. The number of alkyl halides is 2. The summed E-state index contributed by atoms with van der Waals surface area (Å²) < 4.78 is 0. The smallest absolute Gasteiger partial charge is 0.0441 e. The minimum Gasteiger partial charge on any atom is -0.396 e. The van der Waals surface area contributed by atoms with Crippen LogP contribution in [0.2, 0.25) is 0 Å². The molecule has 0 aromatic carbocycles. The second kappa shape index (κ2) is 9.01. The van der Waals surface area contributed by atoms with Gasteiger partial charge in [-0.05, 0) is 19.3 Å². The molecule has 0 radical (unpaired) electrons. The molecule has 0 heterocycles. The lowest BCUT2D eigenvalue weighted by molar-refractivity contribution is 0.285. The van der Waals surface area contributed by atoms with Crippen LogP contribution in [-0.4, -0.2) is 21.9 Å². The van der Waals surface area contributed by atoms with E-state index in [4.69, 9.17) is 5.11 Å². The molecule has 0 saturated heterocycles. The standard InChI is InChI=1S/C8H16Br2O/c9-6-3-1-2-4-8(10)5-7-11/h8,11H,1-7H2. The van der Waals surface area contributed by atoms with Gasteiger partial charge in [-0.15, -0.1) is 0 Å². The van der Waals surface area contributed by atoms with E-state index >= 15 is 0 Å². The number of halogens is 2. The SMILES string of the molecule is OCCC(Br)CCCCCBr. The third kappa shape index (κ3) is 8.83. The van der Waals surface area contributed by atoms with Gasteiger partial charge in [0.2, 0.25) is 0 Å². The van der Waals surface area contributed by atoms with Crippen molar-refractivity contribution in [1.29, 1.82) is 0 Å². The predicted molar refractivity (Wildman–Crippen MR) is 56.7 cm³/mol. The number of aliphatic hydroxyl groups is 1. The maximum Gasteiger partial charge on any atom is 0.0441 e. The molecular formula is C8H16Br2O. The molecule has 1 unspecified atom stereocenters. The van der Waals surface area contributed by atoms with Crippen molar-refractivity contribution in [2.75, 3.05) is 11.9 Å². The van der Waals surface area contributed by atoms with Crippen LogP contribution < -0.4 is 0 Å². The molecule has 0 aliphatic carbocycles. The third-order valence-corrected chi connectivity index (χ3v) is 3.07. The molecular weight excluding hydrogens is 272 g/mol. The van der Waals surface area contributed by atoms with Crippen LogP contribution >= 0.6 is 31.9 Å². The summed E-state index contributed by atoms with van der Waals surface area (Å²) in [5.41, 5.74) is 0. The maximum atomic E-state index is 8.60. The van der Waals surface area contributed by atoms with Crippen LogP contribution in [0.4, 0.5) is 0 Å². The first-order valence-corrected chi connectivity index (χ1v) is 6.16. The first kappa shape index (κ1) is 11.9. The lowest BCUT2D eigenvalue weighted by Gasteiger charge is -2.06. The van der Waals surface area contributed by atoms with Gasteiger partial charge in [0.15, 0.2) is 0 Å². The van der Waals surface area contributed by atoms with Crippen molar-refractivity contribution in [2.24, 2.45) is 0 Å². The van der Waals surface area contributed by atoms with E-state index in [1.165, 1.54) is 25.7 Å². The summed E-state index contributed by atoms with van der Waals surface area (Å²) in [5, 5.41) is 9.71. The number of unbranched alkanes of at least 4 members (excludes halogenated alkanes) is 2. The number of aliphatic hydroxyl groups excluding tert-OH is 1. The van der Waals surface area contributed by atoms with E-state index in [1.807, 2.05) is 0 Å². The van der Waals surface area contributed by atoms with Crippen molar-refractivity contribution in [3.05, 3.63) is 0 Å². The summed E-state index contributed by atoms with van der Waals surface area (Å²) in [6, 6.07) is 0. The largest absolute Gasteiger partial charge is 0.396 e. The summed E-state index contributed by atoms with van der Waals surface area (Å²) in [6.45, 7) is 0.300. The van der Waals surface area contributed by atoms with Crippen molar-refractivity contribution in [1.82, 2.24) is 0 Å².